The van der Waals surface area contributed by atoms with Crippen LogP contribution in [0.4, 0.5) is 5.13 Å². The van der Waals surface area contributed by atoms with E-state index in [-0.39, 0.29) is 5.69 Å². The average Bonchev–Trinajstić information content (AvgIpc) is 2.71. The summed E-state index contributed by atoms with van der Waals surface area (Å²) in [6.45, 7) is 3.98. The van der Waals surface area contributed by atoms with Gasteiger partial charge in [0.25, 0.3) is 0 Å². The Morgan fingerprint density at radius 2 is 2.11 bits per heavy atom. The summed E-state index contributed by atoms with van der Waals surface area (Å²) >= 11 is 1.43. The number of aromatic carboxylic acids is 1. The second-order valence-corrected chi connectivity index (χ2v) is 6.26. The fourth-order valence-electron chi connectivity index (χ4n) is 2.60. The van der Waals surface area contributed by atoms with Gasteiger partial charge < -0.3 is 10.4 Å². The van der Waals surface area contributed by atoms with Crippen LogP contribution in [0.25, 0.3) is 0 Å². The second kappa shape index (κ2) is 5.69. The van der Waals surface area contributed by atoms with Crippen molar-refractivity contribution in [1.82, 2.24) is 4.98 Å². The van der Waals surface area contributed by atoms with Gasteiger partial charge in [0.15, 0.2) is 10.8 Å². The number of hydrogen-bond donors (Lipinski definition) is 2. The quantitative estimate of drug-likeness (QED) is 0.877. The van der Waals surface area contributed by atoms with Gasteiger partial charge in [-0.2, -0.15) is 0 Å². The Bertz CT molecular complexity index is 425. The van der Waals surface area contributed by atoms with Gasteiger partial charge in [-0.25, -0.2) is 9.78 Å². The summed E-state index contributed by atoms with van der Waals surface area (Å²) < 4.78 is 0. The van der Waals surface area contributed by atoms with Crippen molar-refractivity contribution in [2.24, 2.45) is 5.92 Å². The van der Waals surface area contributed by atoms with E-state index < -0.39 is 5.97 Å². The lowest BCUT2D eigenvalue weighted by molar-refractivity contribution is 0.0690. The van der Waals surface area contributed by atoms with Gasteiger partial charge in [-0.05, 0) is 32.6 Å². The summed E-state index contributed by atoms with van der Waals surface area (Å²) in [6.07, 6.45) is 6.51. The van der Waals surface area contributed by atoms with Crippen molar-refractivity contribution in [1.29, 1.82) is 0 Å². The van der Waals surface area contributed by atoms with E-state index in [0.29, 0.717) is 12.0 Å². The Kier molecular flexibility index (Phi) is 4.22. The molecule has 0 spiro atoms. The predicted octanol–water partition coefficient (Wildman–Crippen LogP) is 3.53. The number of thiazole rings is 1. The zero-order valence-electron chi connectivity index (χ0n) is 10.9. The van der Waals surface area contributed by atoms with Crippen LogP contribution in [0.5, 0.6) is 0 Å². The third-order valence-electron chi connectivity index (χ3n) is 3.71. The standard InChI is InChI=1S/C13H20N2O2S/c1-8(10-6-4-3-5-7-10)14-13-15-11(12(16)17)9(2)18-13/h8,10H,3-7H2,1-2H3,(H,14,15)(H,16,17). The Labute approximate surface area is 111 Å². The van der Waals surface area contributed by atoms with Crippen LogP contribution >= 0.6 is 11.3 Å². The zero-order chi connectivity index (χ0) is 13.1. The first-order chi connectivity index (χ1) is 8.58. The first kappa shape index (κ1) is 13.3. The molecule has 1 heterocycles. The van der Waals surface area contributed by atoms with E-state index in [4.69, 9.17) is 5.11 Å². The third-order valence-corrected chi connectivity index (χ3v) is 4.61. The van der Waals surface area contributed by atoms with Crippen molar-refractivity contribution in [3.8, 4) is 0 Å². The van der Waals surface area contributed by atoms with Crippen molar-refractivity contribution in [2.75, 3.05) is 5.32 Å². The van der Waals surface area contributed by atoms with Crippen LogP contribution in [0, 0.1) is 12.8 Å². The van der Waals surface area contributed by atoms with Gasteiger partial charge in [-0.3, -0.25) is 0 Å². The van der Waals surface area contributed by atoms with Gasteiger partial charge in [0, 0.05) is 10.9 Å². The van der Waals surface area contributed by atoms with E-state index in [0.717, 1.165) is 10.0 Å². The van der Waals surface area contributed by atoms with Gasteiger partial charge >= 0.3 is 5.97 Å². The van der Waals surface area contributed by atoms with Crippen LogP contribution in [-0.2, 0) is 0 Å². The molecule has 0 aromatic carbocycles. The molecule has 1 aliphatic carbocycles. The van der Waals surface area contributed by atoms with E-state index in [1.54, 1.807) is 6.92 Å². The molecule has 2 N–H and O–H groups in total. The summed E-state index contributed by atoms with van der Waals surface area (Å²) in [4.78, 5) is 15.9. The van der Waals surface area contributed by atoms with Crippen LogP contribution < -0.4 is 5.32 Å². The fourth-order valence-corrected chi connectivity index (χ4v) is 3.50. The first-order valence-electron chi connectivity index (χ1n) is 6.55. The van der Waals surface area contributed by atoms with Crippen LogP contribution in [0.1, 0.15) is 54.4 Å². The van der Waals surface area contributed by atoms with Gasteiger partial charge in [0.1, 0.15) is 0 Å². The van der Waals surface area contributed by atoms with Crippen molar-refractivity contribution in [2.45, 2.75) is 52.0 Å². The Hall–Kier alpha value is -1.10. The third kappa shape index (κ3) is 3.02. The molecule has 4 nitrogen and oxygen atoms in total. The predicted molar refractivity (Wildman–Crippen MR) is 73.5 cm³/mol. The molecule has 1 unspecified atom stereocenters. The molecule has 1 saturated carbocycles. The highest BCUT2D eigenvalue weighted by molar-refractivity contribution is 7.15. The SMILES string of the molecule is Cc1sc(NC(C)C2CCCCC2)nc1C(=O)O. The summed E-state index contributed by atoms with van der Waals surface area (Å²) in [5.41, 5.74) is 0.179. The van der Waals surface area contributed by atoms with Crippen LogP contribution in [0.2, 0.25) is 0 Å². The normalized spacial score (nSPS) is 18.6. The molecule has 0 bridgehead atoms. The van der Waals surface area contributed by atoms with Crippen molar-refractivity contribution in [3.63, 3.8) is 0 Å². The highest BCUT2D eigenvalue weighted by Crippen LogP contribution is 2.29. The van der Waals surface area contributed by atoms with E-state index in [9.17, 15) is 4.79 Å². The Morgan fingerprint density at radius 3 is 2.67 bits per heavy atom. The molecule has 1 aromatic rings. The number of carboxylic acids is 1. The maximum Gasteiger partial charge on any atom is 0.355 e. The lowest BCUT2D eigenvalue weighted by Crippen LogP contribution is -2.27. The molecule has 1 atom stereocenters. The number of rotatable bonds is 4. The molecular weight excluding hydrogens is 248 g/mol. The van der Waals surface area contributed by atoms with E-state index in [1.807, 2.05) is 0 Å². The van der Waals surface area contributed by atoms with E-state index >= 15 is 0 Å². The number of hydrogen-bond acceptors (Lipinski definition) is 4. The molecule has 1 fully saturated rings. The molecule has 0 amide bonds. The summed E-state index contributed by atoms with van der Waals surface area (Å²) in [5, 5.41) is 13.1. The minimum Gasteiger partial charge on any atom is -0.476 e. The molecule has 1 aliphatic rings. The first-order valence-corrected chi connectivity index (χ1v) is 7.37. The maximum atomic E-state index is 10.9. The summed E-state index contributed by atoms with van der Waals surface area (Å²) in [7, 11) is 0. The van der Waals surface area contributed by atoms with Crippen molar-refractivity contribution >= 4 is 22.4 Å². The van der Waals surface area contributed by atoms with Crippen LogP contribution in [-0.4, -0.2) is 22.1 Å². The summed E-state index contributed by atoms with van der Waals surface area (Å²) in [5.74, 6) is -0.252. The minimum atomic E-state index is -0.942. The smallest absolute Gasteiger partial charge is 0.355 e. The molecule has 2 rings (SSSR count). The van der Waals surface area contributed by atoms with Crippen molar-refractivity contribution in [3.05, 3.63) is 10.6 Å². The topological polar surface area (TPSA) is 62.2 Å². The largest absolute Gasteiger partial charge is 0.476 e. The number of carbonyl (C=O) groups is 1. The van der Waals surface area contributed by atoms with E-state index in [1.165, 1.54) is 43.4 Å². The molecule has 1 aromatic heterocycles. The van der Waals surface area contributed by atoms with Crippen molar-refractivity contribution < 1.29 is 9.90 Å². The van der Waals surface area contributed by atoms with Crippen LogP contribution in [0.3, 0.4) is 0 Å². The molecule has 0 aliphatic heterocycles. The van der Waals surface area contributed by atoms with Crippen LogP contribution in [0.15, 0.2) is 0 Å². The Morgan fingerprint density at radius 1 is 1.44 bits per heavy atom. The van der Waals surface area contributed by atoms with Gasteiger partial charge in [0.05, 0.1) is 0 Å². The van der Waals surface area contributed by atoms with E-state index in [2.05, 4.69) is 17.2 Å². The minimum absolute atomic E-state index is 0.179. The molecule has 0 saturated heterocycles. The molecular formula is C13H20N2O2S. The fraction of sp³-hybridized carbons (Fsp3) is 0.692. The van der Waals surface area contributed by atoms with Gasteiger partial charge in [-0.1, -0.05) is 19.3 Å². The highest BCUT2D eigenvalue weighted by atomic mass is 32.1. The molecule has 5 heteroatoms. The highest BCUT2D eigenvalue weighted by Gasteiger charge is 2.22. The average molecular weight is 268 g/mol. The number of aryl methyl sites for hydroxylation is 1. The summed E-state index contributed by atoms with van der Waals surface area (Å²) in [6, 6.07) is 0.373. The molecule has 100 valence electrons. The number of carboxylic acid groups (broad SMARTS) is 1. The lowest BCUT2D eigenvalue weighted by Gasteiger charge is -2.28. The van der Waals surface area contributed by atoms with Gasteiger partial charge in [0.2, 0.25) is 0 Å². The Balaban J connectivity index is 2.00. The number of nitrogens with one attached hydrogen (secondary N) is 1. The van der Waals surface area contributed by atoms with Gasteiger partial charge in [-0.15, -0.1) is 11.3 Å². The lowest BCUT2D eigenvalue weighted by atomic mass is 9.85. The number of nitrogens with zero attached hydrogens (tertiary/aromatic N) is 1. The number of aromatic nitrogens is 1. The monoisotopic (exact) mass is 268 g/mol. The number of anilines is 1. The molecule has 0 radical (unpaired) electrons. The zero-order valence-corrected chi connectivity index (χ0v) is 11.7. The maximum absolute atomic E-state index is 10.9. The molecule has 18 heavy (non-hydrogen) atoms. The second-order valence-electron chi connectivity index (χ2n) is 5.06.